The van der Waals surface area contributed by atoms with E-state index in [1.165, 1.54) is 11.8 Å². The van der Waals surface area contributed by atoms with Crippen LogP contribution < -0.4 is 5.32 Å². The standard InChI is InChI=1S/C22H13Cl2N5OS/c23-13-4-3-5-14(24)19(13)28-22-29-21(30)18(31-22)11-12-7-8-15-17(10-12)27-20(26-15)16-6-1-2-9-25-16/h1-11H,(H,26,27)(H,28,29,30). The number of amides is 1. The number of pyridine rings is 1. The molecule has 6 nitrogen and oxygen atoms in total. The van der Waals surface area contributed by atoms with Crippen LogP contribution in [0.3, 0.4) is 0 Å². The number of hydrogen-bond acceptors (Lipinski definition) is 5. The minimum absolute atomic E-state index is 0.231. The fourth-order valence-corrected chi connectivity index (χ4v) is 4.38. The first-order valence-electron chi connectivity index (χ1n) is 9.21. The van der Waals surface area contributed by atoms with Gasteiger partial charge in [-0.15, -0.1) is 0 Å². The number of hydrogen-bond donors (Lipinski definition) is 2. The fourth-order valence-electron chi connectivity index (χ4n) is 3.07. The molecule has 31 heavy (non-hydrogen) atoms. The molecule has 3 heterocycles. The molecule has 9 heteroatoms. The van der Waals surface area contributed by atoms with E-state index in [1.807, 2.05) is 36.4 Å². The normalized spacial score (nSPS) is 16.4. The van der Waals surface area contributed by atoms with Gasteiger partial charge in [-0.1, -0.05) is 41.4 Å². The molecule has 1 fully saturated rings. The van der Waals surface area contributed by atoms with Crippen molar-refractivity contribution in [3.05, 3.63) is 81.3 Å². The molecule has 2 aromatic carbocycles. The summed E-state index contributed by atoms with van der Waals surface area (Å²) in [4.78, 5) is 29.5. The summed E-state index contributed by atoms with van der Waals surface area (Å²) in [6, 6.07) is 16.6. The molecule has 152 valence electrons. The first-order chi connectivity index (χ1) is 15.1. The second kappa shape index (κ2) is 8.19. The van der Waals surface area contributed by atoms with E-state index < -0.39 is 0 Å². The third-order valence-corrected chi connectivity index (χ3v) is 6.03. The summed E-state index contributed by atoms with van der Waals surface area (Å²) in [5.74, 6) is 0.463. The van der Waals surface area contributed by atoms with E-state index in [9.17, 15) is 4.79 Å². The van der Waals surface area contributed by atoms with Crippen LogP contribution in [0.2, 0.25) is 10.0 Å². The molecule has 0 bridgehead atoms. The first kappa shape index (κ1) is 19.8. The molecule has 2 aromatic heterocycles. The lowest BCUT2D eigenvalue weighted by atomic mass is 10.2. The van der Waals surface area contributed by atoms with Gasteiger partial charge in [0.05, 0.1) is 26.0 Å². The number of halogens is 2. The van der Waals surface area contributed by atoms with Crippen molar-refractivity contribution >= 4 is 68.8 Å². The summed E-state index contributed by atoms with van der Waals surface area (Å²) in [6.07, 6.45) is 3.53. The van der Waals surface area contributed by atoms with Gasteiger partial charge in [-0.25, -0.2) is 9.98 Å². The number of benzene rings is 2. The Morgan fingerprint density at radius 1 is 1.03 bits per heavy atom. The van der Waals surface area contributed by atoms with Gasteiger partial charge in [0.25, 0.3) is 5.91 Å². The fraction of sp³-hybridized carbons (Fsp3) is 0. The van der Waals surface area contributed by atoms with Gasteiger partial charge in [0.1, 0.15) is 11.4 Å². The molecule has 0 saturated carbocycles. The van der Waals surface area contributed by atoms with Gasteiger partial charge in [-0.3, -0.25) is 9.78 Å². The number of rotatable bonds is 3. The van der Waals surface area contributed by atoms with Crippen LogP contribution in [-0.2, 0) is 4.79 Å². The number of carbonyl (C=O) groups is 1. The van der Waals surface area contributed by atoms with E-state index in [4.69, 9.17) is 23.2 Å². The molecule has 0 spiro atoms. The van der Waals surface area contributed by atoms with Crippen LogP contribution in [0.15, 0.2) is 70.7 Å². The summed E-state index contributed by atoms with van der Waals surface area (Å²) >= 11 is 13.6. The van der Waals surface area contributed by atoms with E-state index in [-0.39, 0.29) is 5.91 Å². The van der Waals surface area contributed by atoms with Gasteiger partial charge < -0.3 is 10.3 Å². The van der Waals surface area contributed by atoms with E-state index in [1.54, 1.807) is 30.5 Å². The Labute approximate surface area is 191 Å². The number of aliphatic imine (C=N–C) groups is 1. The van der Waals surface area contributed by atoms with Crippen LogP contribution in [0.5, 0.6) is 0 Å². The van der Waals surface area contributed by atoms with Crippen LogP contribution >= 0.6 is 35.0 Å². The number of H-pyrrole nitrogens is 1. The molecule has 0 atom stereocenters. The average Bonchev–Trinajstić information content (AvgIpc) is 3.34. The number of aromatic nitrogens is 3. The highest BCUT2D eigenvalue weighted by Crippen LogP contribution is 2.35. The quantitative estimate of drug-likeness (QED) is 0.373. The second-order valence-corrected chi connectivity index (χ2v) is 8.47. The van der Waals surface area contributed by atoms with Crippen molar-refractivity contribution in [1.82, 2.24) is 20.3 Å². The predicted octanol–water partition coefficient (Wildman–Crippen LogP) is 5.82. The molecule has 1 aliphatic heterocycles. The number of amidine groups is 1. The Morgan fingerprint density at radius 3 is 2.65 bits per heavy atom. The maximum Gasteiger partial charge on any atom is 0.264 e. The Balaban J connectivity index is 1.43. The number of carbonyl (C=O) groups excluding carboxylic acids is 1. The number of para-hydroxylation sites is 1. The minimum atomic E-state index is -0.231. The summed E-state index contributed by atoms with van der Waals surface area (Å²) in [7, 11) is 0. The monoisotopic (exact) mass is 465 g/mol. The highest BCUT2D eigenvalue weighted by atomic mass is 35.5. The maximum atomic E-state index is 12.4. The molecule has 4 aromatic rings. The molecular weight excluding hydrogens is 453 g/mol. The lowest BCUT2D eigenvalue weighted by Crippen LogP contribution is -2.19. The molecule has 1 amide bonds. The molecule has 1 saturated heterocycles. The predicted molar refractivity (Wildman–Crippen MR) is 127 cm³/mol. The Hall–Kier alpha value is -3.13. The zero-order valence-electron chi connectivity index (χ0n) is 15.8. The van der Waals surface area contributed by atoms with Gasteiger partial charge in [-0.05, 0) is 59.8 Å². The minimum Gasteiger partial charge on any atom is -0.337 e. The number of nitrogens with one attached hydrogen (secondary N) is 2. The van der Waals surface area contributed by atoms with Gasteiger partial charge in [0, 0.05) is 6.20 Å². The second-order valence-electron chi connectivity index (χ2n) is 6.63. The molecule has 2 N–H and O–H groups in total. The van der Waals surface area contributed by atoms with E-state index >= 15 is 0 Å². The highest BCUT2D eigenvalue weighted by molar-refractivity contribution is 8.18. The SMILES string of the molecule is O=C1NC(=Nc2c(Cl)cccc2Cl)SC1=Cc1ccc2nc(-c3ccccn3)[nH]c2c1. The Bertz CT molecular complexity index is 1360. The summed E-state index contributed by atoms with van der Waals surface area (Å²) < 4.78 is 0. The maximum absolute atomic E-state index is 12.4. The molecule has 1 aliphatic rings. The van der Waals surface area contributed by atoms with Crippen molar-refractivity contribution in [2.45, 2.75) is 0 Å². The summed E-state index contributed by atoms with van der Waals surface area (Å²) in [5.41, 5.74) is 3.73. The van der Waals surface area contributed by atoms with Gasteiger partial charge in [-0.2, -0.15) is 0 Å². The van der Waals surface area contributed by atoms with Crippen LogP contribution in [0.25, 0.3) is 28.6 Å². The van der Waals surface area contributed by atoms with Crippen LogP contribution in [-0.4, -0.2) is 26.0 Å². The average molecular weight is 466 g/mol. The van der Waals surface area contributed by atoms with Crippen LogP contribution in [0.4, 0.5) is 5.69 Å². The topological polar surface area (TPSA) is 83.0 Å². The highest BCUT2D eigenvalue weighted by Gasteiger charge is 2.24. The molecule has 0 unspecified atom stereocenters. The van der Waals surface area contributed by atoms with E-state index in [0.717, 1.165) is 22.3 Å². The first-order valence-corrected chi connectivity index (χ1v) is 10.8. The van der Waals surface area contributed by atoms with Crippen molar-refractivity contribution in [2.75, 3.05) is 0 Å². The van der Waals surface area contributed by atoms with Crippen LogP contribution in [0.1, 0.15) is 5.56 Å². The van der Waals surface area contributed by atoms with Gasteiger partial charge in [0.2, 0.25) is 0 Å². The summed E-state index contributed by atoms with van der Waals surface area (Å²) in [6.45, 7) is 0. The van der Waals surface area contributed by atoms with E-state index in [0.29, 0.717) is 31.6 Å². The zero-order chi connectivity index (χ0) is 21.4. The van der Waals surface area contributed by atoms with Crippen molar-refractivity contribution in [1.29, 1.82) is 0 Å². The lowest BCUT2D eigenvalue weighted by Gasteiger charge is -2.01. The third-order valence-electron chi connectivity index (χ3n) is 4.51. The number of aromatic amines is 1. The van der Waals surface area contributed by atoms with Crippen molar-refractivity contribution < 1.29 is 4.79 Å². The van der Waals surface area contributed by atoms with Crippen molar-refractivity contribution in [3.8, 4) is 11.5 Å². The number of imidazole rings is 1. The number of thioether (sulfide) groups is 1. The smallest absolute Gasteiger partial charge is 0.264 e. The van der Waals surface area contributed by atoms with Crippen molar-refractivity contribution in [2.24, 2.45) is 4.99 Å². The molecular formula is C22H13Cl2N5OS. The molecule has 0 aliphatic carbocycles. The summed E-state index contributed by atoms with van der Waals surface area (Å²) in [5, 5.41) is 4.01. The molecule has 5 rings (SSSR count). The van der Waals surface area contributed by atoms with Gasteiger partial charge >= 0.3 is 0 Å². The Morgan fingerprint density at radius 2 is 1.87 bits per heavy atom. The number of fused-ring (bicyclic) bond motifs is 1. The lowest BCUT2D eigenvalue weighted by molar-refractivity contribution is -0.115. The van der Waals surface area contributed by atoms with E-state index in [2.05, 4.69) is 25.3 Å². The number of nitrogens with zero attached hydrogens (tertiary/aromatic N) is 3. The van der Waals surface area contributed by atoms with Gasteiger partial charge in [0.15, 0.2) is 11.0 Å². The van der Waals surface area contributed by atoms with Crippen molar-refractivity contribution in [3.63, 3.8) is 0 Å². The Kier molecular flexibility index (Phi) is 5.23. The third kappa shape index (κ3) is 4.07. The largest absolute Gasteiger partial charge is 0.337 e. The zero-order valence-corrected chi connectivity index (χ0v) is 18.1. The molecule has 0 radical (unpaired) electrons. The van der Waals surface area contributed by atoms with Crippen LogP contribution in [0, 0.1) is 0 Å².